The first kappa shape index (κ1) is 21.3. The predicted molar refractivity (Wildman–Crippen MR) is 113 cm³/mol. The van der Waals surface area contributed by atoms with Crippen LogP contribution in [-0.2, 0) is 14.8 Å². The van der Waals surface area contributed by atoms with Crippen LogP contribution in [0.25, 0.3) is 0 Å². The number of carbonyl (C=O) groups is 1. The standard InChI is InChI=1S/C21H23FN2O4S2/c22-15-5-8-20-18(12-15)19(9-11-29-20)24-21(25)14-3-6-17(7-4-14)30(26,27)23-13-16-2-1-10-28-16/h3-8,12,16,19,23H,1-2,9-11,13H2,(H,24,25)/t16-,19+/m0/s1. The molecule has 4 rings (SSSR count). The highest BCUT2D eigenvalue weighted by Crippen LogP contribution is 2.36. The number of rotatable bonds is 6. The SMILES string of the molecule is O=C(N[C@@H]1CCSc2ccc(F)cc21)c1ccc(S(=O)(=O)NC[C@@H]2CCCO2)cc1. The number of hydrogen-bond acceptors (Lipinski definition) is 5. The summed E-state index contributed by atoms with van der Waals surface area (Å²) in [7, 11) is -3.67. The van der Waals surface area contributed by atoms with Crippen molar-refractivity contribution in [2.45, 2.75) is 41.2 Å². The Hall–Kier alpha value is -1.94. The summed E-state index contributed by atoms with van der Waals surface area (Å²) in [6.45, 7) is 0.896. The zero-order chi connectivity index (χ0) is 21.1. The quantitative estimate of drug-likeness (QED) is 0.706. The lowest BCUT2D eigenvalue weighted by atomic mass is 10.0. The van der Waals surface area contributed by atoms with Crippen LogP contribution in [0, 0.1) is 5.82 Å². The molecule has 2 atom stereocenters. The van der Waals surface area contributed by atoms with Crippen molar-refractivity contribution in [3.05, 3.63) is 59.4 Å². The second kappa shape index (κ2) is 9.05. The minimum absolute atomic E-state index is 0.0915. The molecule has 0 aromatic heterocycles. The Balaban J connectivity index is 1.42. The minimum Gasteiger partial charge on any atom is -0.377 e. The van der Waals surface area contributed by atoms with Crippen molar-refractivity contribution >= 4 is 27.7 Å². The van der Waals surface area contributed by atoms with Crippen LogP contribution in [0.5, 0.6) is 0 Å². The molecule has 0 aliphatic carbocycles. The van der Waals surface area contributed by atoms with Crippen LogP contribution in [0.1, 0.15) is 41.2 Å². The Morgan fingerprint density at radius 1 is 1.17 bits per heavy atom. The van der Waals surface area contributed by atoms with E-state index in [9.17, 15) is 17.6 Å². The van der Waals surface area contributed by atoms with Crippen LogP contribution < -0.4 is 10.0 Å². The molecule has 0 spiro atoms. The number of nitrogens with one attached hydrogen (secondary N) is 2. The van der Waals surface area contributed by atoms with Crippen molar-refractivity contribution in [3.8, 4) is 0 Å². The molecule has 1 amide bonds. The first-order valence-electron chi connectivity index (χ1n) is 9.87. The summed E-state index contributed by atoms with van der Waals surface area (Å²) in [4.78, 5) is 13.7. The third-order valence-electron chi connectivity index (χ3n) is 5.27. The topological polar surface area (TPSA) is 84.5 Å². The van der Waals surface area contributed by atoms with Gasteiger partial charge in [0.05, 0.1) is 17.0 Å². The Bertz CT molecular complexity index is 1020. The van der Waals surface area contributed by atoms with E-state index in [4.69, 9.17) is 4.74 Å². The van der Waals surface area contributed by atoms with Crippen molar-refractivity contribution < 1.29 is 22.3 Å². The van der Waals surface area contributed by atoms with Gasteiger partial charge in [0.2, 0.25) is 10.0 Å². The van der Waals surface area contributed by atoms with Gasteiger partial charge >= 0.3 is 0 Å². The van der Waals surface area contributed by atoms with E-state index in [0.29, 0.717) is 18.6 Å². The Morgan fingerprint density at radius 3 is 2.70 bits per heavy atom. The maximum Gasteiger partial charge on any atom is 0.251 e. The summed E-state index contributed by atoms with van der Waals surface area (Å²) in [6, 6.07) is 10.1. The van der Waals surface area contributed by atoms with Crippen LogP contribution in [0.2, 0.25) is 0 Å². The average Bonchev–Trinajstić information content (AvgIpc) is 3.27. The molecule has 6 nitrogen and oxygen atoms in total. The smallest absolute Gasteiger partial charge is 0.251 e. The van der Waals surface area contributed by atoms with Gasteiger partial charge in [0.1, 0.15) is 5.82 Å². The molecule has 2 aromatic rings. The summed E-state index contributed by atoms with van der Waals surface area (Å²) in [5.74, 6) is 0.177. The van der Waals surface area contributed by atoms with E-state index in [-0.39, 0.29) is 35.3 Å². The third kappa shape index (κ3) is 4.85. The zero-order valence-electron chi connectivity index (χ0n) is 16.3. The van der Waals surface area contributed by atoms with Gasteiger partial charge in [-0.15, -0.1) is 11.8 Å². The van der Waals surface area contributed by atoms with Gasteiger partial charge in [0, 0.05) is 29.4 Å². The van der Waals surface area contributed by atoms with E-state index < -0.39 is 10.0 Å². The number of benzene rings is 2. The van der Waals surface area contributed by atoms with Crippen LogP contribution in [0.4, 0.5) is 4.39 Å². The molecule has 0 saturated carbocycles. The summed E-state index contributed by atoms with van der Waals surface area (Å²) in [5, 5.41) is 2.94. The molecule has 2 aromatic carbocycles. The lowest BCUT2D eigenvalue weighted by Gasteiger charge is -2.26. The summed E-state index contributed by atoms with van der Waals surface area (Å²) < 4.78 is 46.5. The predicted octanol–water partition coefficient (Wildman–Crippen LogP) is 3.25. The molecular weight excluding hydrogens is 427 g/mol. The molecule has 2 aliphatic rings. The van der Waals surface area contributed by atoms with E-state index in [0.717, 1.165) is 29.1 Å². The monoisotopic (exact) mass is 450 g/mol. The fourth-order valence-electron chi connectivity index (χ4n) is 3.63. The Morgan fingerprint density at radius 2 is 1.97 bits per heavy atom. The molecule has 9 heteroatoms. The first-order valence-corrected chi connectivity index (χ1v) is 12.3. The molecule has 2 heterocycles. The number of hydrogen-bond donors (Lipinski definition) is 2. The normalized spacial score (nSPS) is 21.2. The van der Waals surface area contributed by atoms with Gasteiger partial charge in [-0.05, 0) is 67.3 Å². The lowest BCUT2D eigenvalue weighted by Crippen LogP contribution is -2.32. The zero-order valence-corrected chi connectivity index (χ0v) is 17.9. The molecule has 0 unspecified atom stereocenters. The summed E-state index contributed by atoms with van der Waals surface area (Å²) in [6.07, 6.45) is 2.39. The molecule has 160 valence electrons. The van der Waals surface area contributed by atoms with Crippen molar-refractivity contribution in [1.29, 1.82) is 0 Å². The van der Waals surface area contributed by atoms with Gasteiger partial charge in [-0.1, -0.05) is 0 Å². The minimum atomic E-state index is -3.67. The number of carbonyl (C=O) groups excluding carboxylic acids is 1. The number of amides is 1. The van der Waals surface area contributed by atoms with E-state index in [1.807, 2.05) is 0 Å². The largest absolute Gasteiger partial charge is 0.377 e. The summed E-state index contributed by atoms with van der Waals surface area (Å²) >= 11 is 1.64. The lowest BCUT2D eigenvalue weighted by molar-refractivity contribution is 0.0934. The summed E-state index contributed by atoms with van der Waals surface area (Å²) in [5.41, 5.74) is 1.13. The van der Waals surface area contributed by atoms with Gasteiger partial charge in [0.15, 0.2) is 0 Å². The Kier molecular flexibility index (Phi) is 6.43. The van der Waals surface area contributed by atoms with Crippen molar-refractivity contribution in [2.24, 2.45) is 0 Å². The molecule has 1 fully saturated rings. The number of fused-ring (bicyclic) bond motifs is 1. The molecule has 2 N–H and O–H groups in total. The van der Waals surface area contributed by atoms with Crippen molar-refractivity contribution in [3.63, 3.8) is 0 Å². The van der Waals surface area contributed by atoms with Gasteiger partial charge in [-0.2, -0.15) is 0 Å². The maximum atomic E-state index is 13.7. The first-order chi connectivity index (χ1) is 14.4. The van der Waals surface area contributed by atoms with Gasteiger partial charge < -0.3 is 10.1 Å². The maximum absolute atomic E-state index is 13.7. The highest BCUT2D eigenvalue weighted by atomic mass is 32.2. The highest BCUT2D eigenvalue weighted by molar-refractivity contribution is 7.99. The van der Waals surface area contributed by atoms with Crippen LogP contribution in [0.3, 0.4) is 0 Å². The van der Waals surface area contributed by atoms with Gasteiger partial charge in [0.25, 0.3) is 5.91 Å². The van der Waals surface area contributed by atoms with Gasteiger partial charge in [-0.3, -0.25) is 4.79 Å². The highest BCUT2D eigenvalue weighted by Gasteiger charge is 2.24. The number of ether oxygens (including phenoxy) is 1. The van der Waals surface area contributed by atoms with Crippen molar-refractivity contribution in [2.75, 3.05) is 18.9 Å². The molecule has 0 bridgehead atoms. The third-order valence-corrected chi connectivity index (χ3v) is 7.83. The van der Waals surface area contributed by atoms with E-state index >= 15 is 0 Å². The van der Waals surface area contributed by atoms with Crippen LogP contribution >= 0.6 is 11.8 Å². The molecule has 0 radical (unpaired) electrons. The van der Waals surface area contributed by atoms with Crippen LogP contribution in [0.15, 0.2) is 52.3 Å². The van der Waals surface area contributed by atoms with E-state index in [2.05, 4.69) is 10.0 Å². The average molecular weight is 451 g/mol. The Labute approximate surface area is 179 Å². The molecule has 2 aliphatic heterocycles. The number of sulfonamides is 1. The van der Waals surface area contributed by atoms with Crippen LogP contribution in [-0.4, -0.2) is 39.3 Å². The number of halogens is 1. The second-order valence-corrected chi connectivity index (χ2v) is 10.3. The van der Waals surface area contributed by atoms with E-state index in [1.54, 1.807) is 17.8 Å². The van der Waals surface area contributed by atoms with Gasteiger partial charge in [-0.25, -0.2) is 17.5 Å². The molecule has 1 saturated heterocycles. The molecule has 30 heavy (non-hydrogen) atoms. The van der Waals surface area contributed by atoms with Crippen molar-refractivity contribution in [1.82, 2.24) is 10.0 Å². The van der Waals surface area contributed by atoms with E-state index in [1.165, 1.54) is 36.4 Å². The molecular formula is C21H23FN2O4S2. The fourth-order valence-corrected chi connectivity index (χ4v) is 5.81. The second-order valence-electron chi connectivity index (χ2n) is 7.36. The fraction of sp³-hybridized carbons (Fsp3) is 0.381. The number of thioether (sulfide) groups is 1.